The van der Waals surface area contributed by atoms with Crippen LogP contribution in [0.3, 0.4) is 0 Å². The van der Waals surface area contributed by atoms with Crippen LogP contribution >= 0.6 is 60.4 Å². The third kappa shape index (κ3) is 71.9. The van der Waals surface area contributed by atoms with Crippen LogP contribution in [0.2, 0.25) is 0 Å². The number of carbonyl (C=O) groups excluding carboxylic acids is 3. The number of carbonyl (C=O) groups is 3. The molecular formula is C23H54Cl2I3N2O3-. The summed E-state index contributed by atoms with van der Waals surface area (Å²) in [7, 11) is 0. The van der Waals surface area contributed by atoms with Crippen molar-refractivity contribution in [2.24, 2.45) is 0 Å². The van der Waals surface area contributed by atoms with Crippen molar-refractivity contribution < 1.29 is 27.6 Å². The summed E-state index contributed by atoms with van der Waals surface area (Å²) in [5, 5.41) is 2.73. The van der Waals surface area contributed by atoms with Gasteiger partial charge in [0.25, 0.3) is 11.8 Å². The van der Waals surface area contributed by atoms with E-state index in [1.54, 1.807) is 6.92 Å². The van der Waals surface area contributed by atoms with Crippen LogP contribution in [0.15, 0.2) is 24.8 Å². The van der Waals surface area contributed by atoms with Gasteiger partial charge in [-0.2, -0.15) is 0 Å². The van der Waals surface area contributed by atoms with E-state index in [2.05, 4.69) is 63.0 Å². The predicted octanol–water partition coefficient (Wildman–Crippen LogP) is 6.45. The van der Waals surface area contributed by atoms with Crippen molar-refractivity contribution in [2.45, 2.75) is 91.5 Å². The summed E-state index contributed by atoms with van der Waals surface area (Å²) >= 11 is 14.8. The molecule has 0 aromatic heterocycles. The molecule has 1 aliphatic heterocycles. The first-order chi connectivity index (χ1) is 13.8. The molecule has 0 spiro atoms. The second kappa shape index (κ2) is 69.8. The Balaban J connectivity index is -0.0000000250. The maximum absolute atomic E-state index is 10.6. The quantitative estimate of drug-likeness (QED) is 0.154. The first-order valence-electron chi connectivity index (χ1n) is 9.24. The topological polar surface area (TPSA) is 66.5 Å². The molecule has 5 nitrogen and oxygen atoms in total. The van der Waals surface area contributed by atoms with Crippen LogP contribution in [0.5, 0.6) is 0 Å². The molecule has 1 N–H and O–H groups in total. The minimum absolute atomic E-state index is 0. The van der Waals surface area contributed by atoms with E-state index in [4.69, 9.17) is 23.2 Å². The van der Waals surface area contributed by atoms with E-state index in [-0.39, 0.29) is 52.8 Å². The Hall–Kier alpha value is 0.860. The van der Waals surface area contributed by atoms with E-state index in [1.807, 2.05) is 34.6 Å². The number of nitrogens with one attached hydrogen (secondary N) is 1. The monoisotopic (exact) mass is 857 g/mol. The van der Waals surface area contributed by atoms with Crippen LogP contribution in [-0.4, -0.2) is 41.1 Å². The number of nitrogens with zero attached hydrogens (tertiary/aromatic N) is 1. The Bertz CT molecular complexity index is 367. The van der Waals surface area contributed by atoms with Crippen LogP contribution in [0.1, 0.15) is 91.5 Å². The number of alkyl halides is 2. The van der Waals surface area contributed by atoms with Crippen molar-refractivity contribution in [3.8, 4) is 0 Å². The van der Waals surface area contributed by atoms with Crippen LogP contribution in [-0.2, 0) is 14.4 Å². The van der Waals surface area contributed by atoms with E-state index in [1.165, 1.54) is 29.5 Å². The fourth-order valence-corrected chi connectivity index (χ4v) is 0.989. The predicted molar refractivity (Wildman–Crippen MR) is 171 cm³/mol. The molecule has 0 saturated carbocycles. The summed E-state index contributed by atoms with van der Waals surface area (Å²) in [6, 6.07) is 0. The number of amides is 3. The molecule has 0 aromatic carbocycles. The van der Waals surface area contributed by atoms with Crippen molar-refractivity contribution >= 4 is 78.2 Å². The SMILES string of the molecule is C.C.C.C.C=CC(=O)NCC.CC.CC.CCC.CCN1C(=O)C=CC1=O.ClCCl.I[I-]I. The van der Waals surface area contributed by atoms with E-state index >= 15 is 0 Å². The molecule has 0 aromatic rings. The fraction of sp³-hybridized carbons (Fsp3) is 0.696. The van der Waals surface area contributed by atoms with E-state index in [0.29, 0.717) is 26.3 Å². The molecule has 0 aliphatic carbocycles. The number of hydrogen-bond donors (Lipinski definition) is 1. The first-order valence-corrected chi connectivity index (χ1v) is 22.9. The van der Waals surface area contributed by atoms with Gasteiger partial charge in [-0.1, -0.05) is 84.2 Å². The molecule has 0 unspecified atom stereocenters. The molecule has 0 bridgehead atoms. The molecule has 1 heterocycles. The molecule has 0 saturated heterocycles. The van der Waals surface area contributed by atoms with Crippen molar-refractivity contribution in [3.63, 3.8) is 0 Å². The van der Waals surface area contributed by atoms with Gasteiger partial charge in [0.2, 0.25) is 5.91 Å². The molecule has 10 heteroatoms. The molecular weight excluding hydrogens is 804 g/mol. The molecule has 3 amide bonds. The van der Waals surface area contributed by atoms with Gasteiger partial charge in [0.05, 0.1) is 5.34 Å². The van der Waals surface area contributed by atoms with Crippen LogP contribution in [0.25, 0.3) is 0 Å². The minimum atomic E-state index is -0.206. The first kappa shape index (κ1) is 64.2. The average molecular weight is 858 g/mol. The van der Waals surface area contributed by atoms with Crippen LogP contribution in [0, 0.1) is 0 Å². The Labute approximate surface area is 248 Å². The van der Waals surface area contributed by atoms with E-state index in [0.717, 1.165) is 0 Å². The van der Waals surface area contributed by atoms with Crippen molar-refractivity contribution in [2.75, 3.05) is 18.4 Å². The summed E-state index contributed by atoms with van der Waals surface area (Å²) < 4.78 is 0. The van der Waals surface area contributed by atoms with Crippen molar-refractivity contribution in [3.05, 3.63) is 24.8 Å². The summed E-state index contributed by atoms with van der Waals surface area (Å²) in [5.74, 6) is -0.521. The number of imide groups is 1. The molecule has 1 aliphatic rings. The van der Waals surface area contributed by atoms with E-state index < -0.39 is 0 Å². The zero-order chi connectivity index (χ0) is 24.7. The van der Waals surface area contributed by atoms with Gasteiger partial charge in [-0.25, -0.2) is 0 Å². The number of rotatable bonds is 3. The molecule has 0 fully saturated rings. The number of likely N-dealkylation sites (N-methyl/N-ethyl adjacent to an activating group) is 2. The van der Waals surface area contributed by atoms with Gasteiger partial charge < -0.3 is 5.32 Å². The maximum atomic E-state index is 10.6. The summed E-state index contributed by atoms with van der Waals surface area (Å²) in [6.45, 7) is 20.3. The zero-order valence-electron chi connectivity index (χ0n) is 18.8. The van der Waals surface area contributed by atoms with Gasteiger partial charge >= 0.3 is 50.5 Å². The number of hydrogen-bond acceptors (Lipinski definition) is 3. The fourth-order valence-electron chi connectivity index (χ4n) is 0.989. The van der Waals surface area contributed by atoms with Gasteiger partial charge in [0.15, 0.2) is 0 Å². The van der Waals surface area contributed by atoms with Gasteiger partial charge in [-0.05, 0) is 19.9 Å². The third-order valence-corrected chi connectivity index (χ3v) is 1.75. The van der Waals surface area contributed by atoms with E-state index in [9.17, 15) is 14.4 Å². The molecule has 0 radical (unpaired) electrons. The summed E-state index contributed by atoms with van der Waals surface area (Å²) in [6.07, 6.45) is 5.07. The Kier molecular flexibility index (Phi) is 136. The standard InChI is InChI=1S/C6H7NO2.C5H9NO.C3H8.2C2H6.CH2Cl2.4CH4.I3/c1-2-7-5(8)3-4-6(7)9;1-3-5(7)6-4-2;1-3-2;2*1-2;2-1-3;;;;;1-3-2/h3-4H,2H2,1H3;3H,1,4H2,2H3,(H,6,7);3H2,1-2H3;2*1-2H3;1H2;4*1H4;/q;;;;;;;;;;-1. The van der Waals surface area contributed by atoms with Gasteiger partial charge in [0.1, 0.15) is 0 Å². The third-order valence-electron chi connectivity index (χ3n) is 1.75. The molecule has 0 atom stereocenters. The number of halogens is 5. The van der Waals surface area contributed by atoms with Crippen molar-refractivity contribution in [1.82, 2.24) is 10.2 Å². The van der Waals surface area contributed by atoms with Crippen LogP contribution in [0.4, 0.5) is 0 Å². The van der Waals surface area contributed by atoms with Crippen LogP contribution < -0.4 is 18.6 Å². The zero-order valence-corrected chi connectivity index (χ0v) is 26.8. The molecule has 1 rings (SSSR count). The van der Waals surface area contributed by atoms with Gasteiger partial charge in [-0.3, -0.25) is 19.3 Å². The molecule has 33 heavy (non-hydrogen) atoms. The second-order valence-corrected chi connectivity index (χ2v) is 20.8. The van der Waals surface area contributed by atoms with Gasteiger partial charge in [0, 0.05) is 25.2 Å². The summed E-state index contributed by atoms with van der Waals surface area (Å²) in [4.78, 5) is 32.6. The average Bonchev–Trinajstić information content (AvgIpc) is 3.05. The summed E-state index contributed by atoms with van der Waals surface area (Å²) in [5.41, 5.74) is 0. The Morgan fingerprint density at radius 1 is 0.970 bits per heavy atom. The van der Waals surface area contributed by atoms with Gasteiger partial charge in [-0.15, -0.1) is 23.2 Å². The molecule has 210 valence electrons. The Morgan fingerprint density at radius 3 is 1.30 bits per heavy atom. The Morgan fingerprint density at radius 2 is 1.21 bits per heavy atom. The normalized spacial score (nSPS) is 8.55. The van der Waals surface area contributed by atoms with Crippen molar-refractivity contribution in [1.29, 1.82) is 0 Å². The second-order valence-electron chi connectivity index (χ2n) is 3.71.